The molecule has 0 heterocycles. The van der Waals surface area contributed by atoms with Crippen molar-refractivity contribution < 1.29 is 24.6 Å². The molecule has 0 radical (unpaired) electrons. The van der Waals surface area contributed by atoms with Gasteiger partial charge < -0.3 is 0 Å². The van der Waals surface area contributed by atoms with Crippen molar-refractivity contribution in [3.05, 3.63) is 19.3 Å². The summed E-state index contributed by atoms with van der Waals surface area (Å²) < 4.78 is 5.07. The van der Waals surface area contributed by atoms with Gasteiger partial charge in [0.15, 0.2) is 0 Å². The quantitative estimate of drug-likeness (QED) is 0.266. The summed E-state index contributed by atoms with van der Waals surface area (Å²) in [6.45, 7) is 4.55. The molecule has 17 heavy (non-hydrogen) atoms. The maximum atomic E-state index is 2.54. The molecule has 0 aliphatic carbocycles. The van der Waals surface area contributed by atoms with Crippen LogP contribution in [0.15, 0.2) is 19.3 Å². The van der Waals surface area contributed by atoms with Crippen molar-refractivity contribution in [2.75, 3.05) is 0 Å². The first kappa shape index (κ1) is 17.4. The summed E-state index contributed by atoms with van der Waals surface area (Å²) in [7, 11) is 0. The third-order valence-electron chi connectivity index (χ3n) is 3.05. The standard InChI is InChI=1S/2C8H15.Hg/c2*1-3-5-7-8-6-4-2;/h2*1,3H,4-8H2,2H3;. The van der Waals surface area contributed by atoms with Gasteiger partial charge in [-0.25, -0.2) is 0 Å². The van der Waals surface area contributed by atoms with Crippen LogP contribution in [0.2, 0.25) is 0 Å². The Labute approximate surface area is 121 Å². The molecule has 0 unspecified atom stereocenters. The Hall–Kier alpha value is 0.415. The molecular formula is C16H30Hg. The van der Waals surface area contributed by atoms with Crippen molar-refractivity contribution in [3.8, 4) is 0 Å². The second kappa shape index (κ2) is 16.4. The Kier molecular flexibility index (Phi) is 16.8. The first-order valence-electron chi connectivity index (χ1n) is 7.71. The fourth-order valence-electron chi connectivity index (χ4n) is 1.88. The SMILES string of the molecule is CCCCCC/C=[CH]/[Hg]/[CH]=C/CCCCCC. The van der Waals surface area contributed by atoms with Crippen LogP contribution >= 0.6 is 0 Å². The summed E-state index contributed by atoms with van der Waals surface area (Å²) in [4.78, 5) is 0. The Morgan fingerprint density at radius 3 is 1.53 bits per heavy atom. The van der Waals surface area contributed by atoms with Gasteiger partial charge in [-0.05, 0) is 0 Å². The summed E-state index contributed by atoms with van der Waals surface area (Å²) >= 11 is -0.722. The molecule has 0 atom stereocenters. The molecule has 0 rings (SSSR count). The zero-order chi connectivity index (χ0) is 12.6. The summed E-state index contributed by atoms with van der Waals surface area (Å²) in [5, 5.41) is 0. The van der Waals surface area contributed by atoms with Crippen LogP contribution in [0.4, 0.5) is 0 Å². The molecule has 96 valence electrons. The molecule has 0 saturated carbocycles. The van der Waals surface area contributed by atoms with Gasteiger partial charge in [0.05, 0.1) is 0 Å². The Balaban J connectivity index is 3.14. The van der Waals surface area contributed by atoms with Crippen molar-refractivity contribution >= 4 is 0 Å². The van der Waals surface area contributed by atoms with Crippen LogP contribution < -0.4 is 0 Å². The monoisotopic (exact) mass is 424 g/mol. The first-order chi connectivity index (χ1) is 8.41. The zero-order valence-electron chi connectivity index (χ0n) is 12.1. The number of unbranched alkanes of at least 4 members (excludes halogenated alkanes) is 8. The van der Waals surface area contributed by atoms with Crippen molar-refractivity contribution in [2.45, 2.75) is 78.1 Å². The molecule has 0 fully saturated rings. The molecule has 0 bridgehead atoms. The van der Waals surface area contributed by atoms with E-state index in [4.69, 9.17) is 0 Å². The van der Waals surface area contributed by atoms with E-state index in [1.54, 1.807) is 0 Å². The van der Waals surface area contributed by atoms with Crippen molar-refractivity contribution in [2.24, 2.45) is 0 Å². The molecule has 1 heteroatoms. The van der Waals surface area contributed by atoms with Gasteiger partial charge in [-0.15, -0.1) is 0 Å². The van der Waals surface area contributed by atoms with E-state index in [2.05, 4.69) is 33.2 Å². The summed E-state index contributed by atoms with van der Waals surface area (Å²) in [6.07, 6.45) is 18.7. The molecule has 0 spiro atoms. The van der Waals surface area contributed by atoms with E-state index in [1.807, 2.05) is 0 Å². The van der Waals surface area contributed by atoms with Crippen molar-refractivity contribution in [3.63, 3.8) is 0 Å². The van der Waals surface area contributed by atoms with E-state index in [0.29, 0.717) is 0 Å². The third-order valence-corrected chi connectivity index (χ3v) is 7.76. The minimum absolute atomic E-state index is 0.722. The van der Waals surface area contributed by atoms with Crippen LogP contribution in [0.5, 0.6) is 0 Å². The second-order valence-corrected chi connectivity index (χ2v) is 10.4. The van der Waals surface area contributed by atoms with Crippen LogP contribution in [0, 0.1) is 0 Å². The average Bonchev–Trinajstić information content (AvgIpc) is 2.35. The maximum absolute atomic E-state index is 2.54. The van der Waals surface area contributed by atoms with Crippen LogP contribution in [0.25, 0.3) is 0 Å². The predicted octanol–water partition coefficient (Wildman–Crippen LogP) is 6.04. The first-order valence-corrected chi connectivity index (χ1v) is 14.1. The van der Waals surface area contributed by atoms with E-state index in [9.17, 15) is 0 Å². The normalized spacial score (nSPS) is 11.4. The van der Waals surface area contributed by atoms with Gasteiger partial charge in [-0.1, -0.05) is 0 Å². The minimum atomic E-state index is -0.722. The molecule has 0 N–H and O–H groups in total. The van der Waals surface area contributed by atoms with Gasteiger partial charge >= 0.3 is 122 Å². The number of rotatable bonds is 12. The summed E-state index contributed by atoms with van der Waals surface area (Å²) in [5.41, 5.74) is 0. The van der Waals surface area contributed by atoms with Gasteiger partial charge in [0.1, 0.15) is 0 Å². The number of allylic oxidation sites excluding steroid dienone is 2. The van der Waals surface area contributed by atoms with E-state index in [-0.39, 0.29) is 0 Å². The van der Waals surface area contributed by atoms with Crippen LogP contribution in [0.3, 0.4) is 0 Å². The van der Waals surface area contributed by atoms with Crippen LogP contribution in [-0.4, -0.2) is 0 Å². The number of hydrogen-bond donors (Lipinski definition) is 0. The molecule has 0 nitrogen and oxygen atoms in total. The van der Waals surface area contributed by atoms with Gasteiger partial charge in [-0.3, -0.25) is 0 Å². The Morgan fingerprint density at radius 1 is 0.647 bits per heavy atom. The molecule has 0 aliphatic rings. The van der Waals surface area contributed by atoms with Crippen molar-refractivity contribution in [1.82, 2.24) is 0 Å². The van der Waals surface area contributed by atoms with Gasteiger partial charge in [0, 0.05) is 0 Å². The van der Waals surface area contributed by atoms with E-state index in [1.165, 1.54) is 64.2 Å². The van der Waals surface area contributed by atoms with E-state index in [0.717, 1.165) is 0 Å². The molecular weight excluding hydrogens is 393 g/mol. The second-order valence-electron chi connectivity index (χ2n) is 4.88. The fourth-order valence-corrected chi connectivity index (χ4v) is 5.82. The average molecular weight is 423 g/mol. The molecule has 0 saturated heterocycles. The Bertz CT molecular complexity index is 162. The molecule has 0 aromatic rings. The van der Waals surface area contributed by atoms with Gasteiger partial charge in [-0.2, -0.15) is 0 Å². The topological polar surface area (TPSA) is 0 Å². The van der Waals surface area contributed by atoms with E-state index < -0.39 is 24.6 Å². The Morgan fingerprint density at radius 2 is 1.12 bits per heavy atom. The zero-order valence-corrected chi connectivity index (χ0v) is 17.6. The molecule has 0 aliphatic heterocycles. The predicted molar refractivity (Wildman–Crippen MR) is 75.8 cm³/mol. The molecule has 0 aromatic heterocycles. The molecule has 0 amide bonds. The third kappa shape index (κ3) is 16.4. The van der Waals surface area contributed by atoms with Crippen LogP contribution in [-0.2, 0) is 24.6 Å². The summed E-state index contributed by atoms with van der Waals surface area (Å²) in [5.74, 6) is 0. The molecule has 0 aromatic carbocycles. The van der Waals surface area contributed by atoms with Gasteiger partial charge in [0.25, 0.3) is 0 Å². The fraction of sp³-hybridized carbons (Fsp3) is 0.750. The van der Waals surface area contributed by atoms with Crippen LogP contribution in [0.1, 0.15) is 78.1 Å². The van der Waals surface area contributed by atoms with Crippen molar-refractivity contribution in [1.29, 1.82) is 0 Å². The number of hydrogen-bond acceptors (Lipinski definition) is 0. The van der Waals surface area contributed by atoms with Gasteiger partial charge in [0.2, 0.25) is 0 Å². The van der Waals surface area contributed by atoms with E-state index >= 15 is 0 Å². The summed E-state index contributed by atoms with van der Waals surface area (Å²) in [6, 6.07) is 0.